The van der Waals surface area contributed by atoms with E-state index in [0.29, 0.717) is 36.4 Å². The molecule has 1 unspecified atom stereocenters. The van der Waals surface area contributed by atoms with Crippen LogP contribution in [0.3, 0.4) is 0 Å². The van der Waals surface area contributed by atoms with E-state index in [1.165, 1.54) is 17.0 Å². The summed E-state index contributed by atoms with van der Waals surface area (Å²) in [4.78, 5) is 29.8. The summed E-state index contributed by atoms with van der Waals surface area (Å²) in [6, 6.07) is 12.4. The second-order valence-corrected chi connectivity index (χ2v) is 7.93. The third-order valence-electron chi connectivity index (χ3n) is 5.93. The first-order valence-electron chi connectivity index (χ1n) is 11.4. The molecule has 1 amide bonds. The zero-order chi connectivity index (χ0) is 24.0. The summed E-state index contributed by atoms with van der Waals surface area (Å²) >= 11 is 0. The van der Waals surface area contributed by atoms with Crippen molar-refractivity contribution in [3.63, 3.8) is 0 Å². The van der Waals surface area contributed by atoms with Crippen LogP contribution in [-0.4, -0.2) is 64.5 Å². The molecule has 2 aromatic rings. The van der Waals surface area contributed by atoms with Gasteiger partial charge in [0.25, 0.3) is 11.7 Å². The summed E-state index contributed by atoms with van der Waals surface area (Å²) in [7, 11) is 0. The first-order chi connectivity index (χ1) is 15.9. The van der Waals surface area contributed by atoms with Crippen molar-refractivity contribution in [3.05, 3.63) is 65.2 Å². The van der Waals surface area contributed by atoms with Crippen LogP contribution in [0, 0.1) is 0 Å². The predicted octanol–water partition coefficient (Wildman–Crippen LogP) is 3.94. The minimum atomic E-state index is -0.777. The van der Waals surface area contributed by atoms with E-state index in [9.17, 15) is 19.8 Å². The number of benzene rings is 2. The van der Waals surface area contributed by atoms with Crippen molar-refractivity contribution < 1.29 is 24.5 Å². The number of carbonyl (C=O) groups is 2. The highest BCUT2D eigenvalue weighted by atomic mass is 16.5. The van der Waals surface area contributed by atoms with E-state index in [1.807, 2.05) is 6.92 Å². The first kappa shape index (κ1) is 24.3. The lowest BCUT2D eigenvalue weighted by molar-refractivity contribution is -0.140. The smallest absolute Gasteiger partial charge is 0.295 e. The Morgan fingerprint density at radius 2 is 1.76 bits per heavy atom. The molecule has 176 valence electrons. The van der Waals surface area contributed by atoms with E-state index in [2.05, 4.69) is 18.7 Å². The summed E-state index contributed by atoms with van der Waals surface area (Å²) in [6.45, 7) is 9.53. The Kier molecular flexibility index (Phi) is 8.11. The quantitative estimate of drug-likeness (QED) is 0.322. The van der Waals surface area contributed by atoms with E-state index in [0.717, 1.165) is 19.6 Å². The zero-order valence-corrected chi connectivity index (χ0v) is 19.5. The Labute approximate surface area is 194 Å². The maximum atomic E-state index is 13.1. The molecule has 0 spiro atoms. The number of ketones is 1. The summed E-state index contributed by atoms with van der Waals surface area (Å²) in [5.74, 6) is -0.929. The molecule has 3 rings (SSSR count). The third-order valence-corrected chi connectivity index (χ3v) is 5.93. The molecule has 1 fully saturated rings. The third kappa shape index (κ3) is 5.37. The van der Waals surface area contributed by atoms with Gasteiger partial charge in [0.15, 0.2) is 0 Å². The monoisotopic (exact) mass is 452 g/mol. The number of Topliss-reactive ketones (excluding diaryl/α,β-unsaturated/α-hetero) is 1. The fourth-order valence-electron chi connectivity index (χ4n) is 4.19. The Morgan fingerprint density at radius 1 is 1.06 bits per heavy atom. The van der Waals surface area contributed by atoms with Crippen LogP contribution in [-0.2, 0) is 9.59 Å². The number of aliphatic hydroxyl groups excluding tert-OH is 1. The van der Waals surface area contributed by atoms with Gasteiger partial charge in [-0.1, -0.05) is 26.0 Å². The van der Waals surface area contributed by atoms with Crippen molar-refractivity contribution in [2.45, 2.75) is 33.2 Å². The lowest BCUT2D eigenvalue weighted by atomic mass is 9.95. The fourth-order valence-corrected chi connectivity index (χ4v) is 4.19. The number of phenolic OH excluding ortho intramolecular Hbond substituents is 1. The van der Waals surface area contributed by atoms with E-state index in [-0.39, 0.29) is 17.1 Å². The lowest BCUT2D eigenvalue weighted by Gasteiger charge is -2.27. The second-order valence-electron chi connectivity index (χ2n) is 7.93. The highest BCUT2D eigenvalue weighted by molar-refractivity contribution is 6.46. The number of phenols is 1. The summed E-state index contributed by atoms with van der Waals surface area (Å²) in [5.41, 5.74) is 1.02. The van der Waals surface area contributed by atoms with Crippen molar-refractivity contribution in [2.24, 2.45) is 0 Å². The standard InChI is InChI=1S/C26H32N2O5/c1-4-27(5-2)15-8-16-28-23(19-9-7-10-20(29)17-19)22(25(31)26(28)32)24(30)18-11-13-21(14-12-18)33-6-3/h7,9-14,17,23,29-30H,4-6,8,15-16H2,1-3H3. The molecule has 1 aliphatic rings. The Hall–Kier alpha value is -3.32. The van der Waals surface area contributed by atoms with Crippen LogP contribution >= 0.6 is 0 Å². The molecule has 33 heavy (non-hydrogen) atoms. The molecule has 2 aromatic carbocycles. The molecule has 0 aliphatic carbocycles. The number of amides is 1. The molecular formula is C26H32N2O5. The maximum Gasteiger partial charge on any atom is 0.295 e. The molecule has 2 N–H and O–H groups in total. The summed E-state index contributed by atoms with van der Waals surface area (Å²) in [5, 5.41) is 21.1. The highest BCUT2D eigenvalue weighted by Gasteiger charge is 2.45. The van der Waals surface area contributed by atoms with Gasteiger partial charge >= 0.3 is 0 Å². The van der Waals surface area contributed by atoms with Gasteiger partial charge in [0.1, 0.15) is 17.3 Å². The molecule has 1 saturated heterocycles. The van der Waals surface area contributed by atoms with Gasteiger partial charge in [0.2, 0.25) is 0 Å². The van der Waals surface area contributed by atoms with Gasteiger partial charge in [0.05, 0.1) is 18.2 Å². The number of aliphatic hydroxyl groups is 1. The van der Waals surface area contributed by atoms with Crippen LogP contribution in [0.2, 0.25) is 0 Å². The second kappa shape index (κ2) is 11.0. The number of carbonyl (C=O) groups excluding carboxylic acids is 2. The minimum absolute atomic E-state index is 0.0256. The average Bonchev–Trinajstić information content (AvgIpc) is 3.07. The Bertz CT molecular complexity index is 1010. The van der Waals surface area contributed by atoms with Gasteiger partial charge in [0, 0.05) is 12.1 Å². The molecule has 0 bridgehead atoms. The van der Waals surface area contributed by atoms with Crippen LogP contribution in [0.15, 0.2) is 54.1 Å². The predicted molar refractivity (Wildman–Crippen MR) is 127 cm³/mol. The number of aromatic hydroxyl groups is 1. The summed E-state index contributed by atoms with van der Waals surface area (Å²) < 4.78 is 5.45. The number of ether oxygens (including phenoxy) is 1. The van der Waals surface area contributed by atoms with Crippen molar-refractivity contribution in [3.8, 4) is 11.5 Å². The molecule has 1 aliphatic heterocycles. The summed E-state index contributed by atoms with van der Waals surface area (Å²) in [6.07, 6.45) is 0.688. The van der Waals surface area contributed by atoms with Gasteiger partial charge in [-0.2, -0.15) is 0 Å². The van der Waals surface area contributed by atoms with Crippen LogP contribution in [0.1, 0.15) is 44.4 Å². The Morgan fingerprint density at radius 3 is 2.36 bits per heavy atom. The van der Waals surface area contributed by atoms with Gasteiger partial charge in [-0.05, 0) is 74.9 Å². The van der Waals surface area contributed by atoms with Crippen LogP contribution in [0.25, 0.3) is 5.76 Å². The normalized spacial score (nSPS) is 17.7. The highest BCUT2D eigenvalue weighted by Crippen LogP contribution is 2.40. The van der Waals surface area contributed by atoms with E-state index >= 15 is 0 Å². The number of nitrogens with zero attached hydrogens (tertiary/aromatic N) is 2. The first-order valence-corrected chi connectivity index (χ1v) is 11.4. The lowest BCUT2D eigenvalue weighted by Crippen LogP contribution is -2.33. The molecule has 7 nitrogen and oxygen atoms in total. The van der Waals surface area contributed by atoms with E-state index in [4.69, 9.17) is 4.74 Å². The van der Waals surface area contributed by atoms with Gasteiger partial charge in [-0.3, -0.25) is 9.59 Å². The average molecular weight is 453 g/mol. The van der Waals surface area contributed by atoms with Crippen molar-refractivity contribution in [2.75, 3.05) is 32.8 Å². The van der Waals surface area contributed by atoms with Gasteiger partial charge in [-0.25, -0.2) is 0 Å². The van der Waals surface area contributed by atoms with Crippen molar-refractivity contribution >= 4 is 17.4 Å². The van der Waals surface area contributed by atoms with Crippen molar-refractivity contribution in [1.29, 1.82) is 0 Å². The number of hydrogen-bond acceptors (Lipinski definition) is 6. The SMILES string of the molecule is CCOc1ccc(C(O)=C2C(=O)C(=O)N(CCCN(CC)CC)C2c2cccc(O)c2)cc1. The van der Waals surface area contributed by atoms with Crippen LogP contribution < -0.4 is 4.74 Å². The largest absolute Gasteiger partial charge is 0.508 e. The molecule has 0 aromatic heterocycles. The fraction of sp³-hybridized carbons (Fsp3) is 0.385. The van der Waals surface area contributed by atoms with Gasteiger partial charge < -0.3 is 24.7 Å². The number of likely N-dealkylation sites (tertiary alicyclic amines) is 1. The van der Waals surface area contributed by atoms with E-state index < -0.39 is 17.7 Å². The zero-order valence-electron chi connectivity index (χ0n) is 19.5. The molecule has 1 atom stereocenters. The minimum Gasteiger partial charge on any atom is -0.508 e. The number of hydrogen-bond donors (Lipinski definition) is 2. The topological polar surface area (TPSA) is 90.3 Å². The maximum absolute atomic E-state index is 13.1. The Balaban J connectivity index is 2.00. The molecule has 0 radical (unpaired) electrons. The van der Waals surface area contributed by atoms with Gasteiger partial charge in [-0.15, -0.1) is 0 Å². The molecular weight excluding hydrogens is 420 g/mol. The molecule has 7 heteroatoms. The molecule has 0 saturated carbocycles. The van der Waals surface area contributed by atoms with Crippen LogP contribution in [0.5, 0.6) is 11.5 Å². The van der Waals surface area contributed by atoms with Crippen molar-refractivity contribution in [1.82, 2.24) is 9.80 Å². The van der Waals surface area contributed by atoms with E-state index in [1.54, 1.807) is 36.4 Å². The van der Waals surface area contributed by atoms with Crippen LogP contribution in [0.4, 0.5) is 0 Å². The molecule has 1 heterocycles. The number of rotatable bonds is 10.